The third-order valence-corrected chi connectivity index (χ3v) is 9.81. The molecular formula is C33H43N3O3S. The molecule has 0 saturated carbocycles. The molecule has 3 aromatic carbocycles. The molecule has 214 valence electrons. The highest BCUT2D eigenvalue weighted by atomic mass is 32.2. The van der Waals surface area contributed by atoms with Gasteiger partial charge in [0.15, 0.2) is 0 Å². The second kappa shape index (κ2) is 14.6. The van der Waals surface area contributed by atoms with Crippen LogP contribution in [0.4, 0.5) is 0 Å². The third-order valence-electron chi connectivity index (χ3n) is 7.97. The SMILES string of the molecule is CCCN(C(=O)Cc1ccccc1)C1CCN(CC[C@@H](CN(C)S(=O)(=O)c2ccccc2)c2ccccc2)CC1. The Morgan fingerprint density at radius 3 is 2.08 bits per heavy atom. The van der Waals surface area contributed by atoms with Gasteiger partial charge in [-0.2, -0.15) is 0 Å². The van der Waals surface area contributed by atoms with Gasteiger partial charge >= 0.3 is 0 Å². The Morgan fingerprint density at radius 1 is 0.900 bits per heavy atom. The Kier molecular flexibility index (Phi) is 10.9. The maximum absolute atomic E-state index is 13.2. The van der Waals surface area contributed by atoms with Gasteiger partial charge in [-0.05, 0) is 61.4 Å². The van der Waals surface area contributed by atoms with Crippen molar-refractivity contribution < 1.29 is 13.2 Å². The Morgan fingerprint density at radius 2 is 1.48 bits per heavy atom. The van der Waals surface area contributed by atoms with Crippen molar-refractivity contribution in [2.24, 2.45) is 0 Å². The molecule has 7 heteroatoms. The maximum atomic E-state index is 13.2. The van der Waals surface area contributed by atoms with Gasteiger partial charge in [0, 0.05) is 39.3 Å². The van der Waals surface area contributed by atoms with Crippen molar-refractivity contribution in [2.45, 2.75) is 55.9 Å². The van der Waals surface area contributed by atoms with Crippen molar-refractivity contribution in [2.75, 3.05) is 39.8 Å². The van der Waals surface area contributed by atoms with Gasteiger partial charge in [-0.25, -0.2) is 12.7 Å². The van der Waals surface area contributed by atoms with Gasteiger partial charge in [0.2, 0.25) is 15.9 Å². The smallest absolute Gasteiger partial charge is 0.242 e. The average Bonchev–Trinajstić information content (AvgIpc) is 2.99. The van der Waals surface area contributed by atoms with Crippen LogP contribution in [0.3, 0.4) is 0 Å². The molecule has 0 spiro atoms. The zero-order valence-electron chi connectivity index (χ0n) is 23.9. The Balaban J connectivity index is 1.35. The molecule has 1 amide bonds. The van der Waals surface area contributed by atoms with Crippen LogP contribution in [0.15, 0.2) is 95.9 Å². The monoisotopic (exact) mass is 561 g/mol. The summed E-state index contributed by atoms with van der Waals surface area (Å²) in [5.74, 6) is 0.310. The number of hydrogen-bond donors (Lipinski definition) is 0. The lowest BCUT2D eigenvalue weighted by atomic mass is 9.94. The summed E-state index contributed by atoms with van der Waals surface area (Å²) in [4.78, 5) is 18.1. The number of benzene rings is 3. The number of amides is 1. The lowest BCUT2D eigenvalue weighted by Crippen LogP contribution is -2.48. The molecule has 0 radical (unpaired) electrons. The van der Waals surface area contributed by atoms with E-state index in [1.165, 1.54) is 4.31 Å². The first-order valence-corrected chi connectivity index (χ1v) is 15.9. The minimum atomic E-state index is -3.56. The maximum Gasteiger partial charge on any atom is 0.242 e. The molecule has 4 rings (SSSR count). The minimum absolute atomic E-state index is 0.0893. The van der Waals surface area contributed by atoms with E-state index in [2.05, 4.69) is 28.9 Å². The van der Waals surface area contributed by atoms with Crippen LogP contribution < -0.4 is 0 Å². The van der Waals surface area contributed by atoms with Crippen LogP contribution in [-0.2, 0) is 21.2 Å². The van der Waals surface area contributed by atoms with E-state index in [0.29, 0.717) is 17.9 Å². The molecule has 0 bridgehead atoms. The number of likely N-dealkylation sites (tertiary alicyclic amines) is 1. The fraction of sp³-hybridized carbons (Fsp3) is 0.424. The lowest BCUT2D eigenvalue weighted by molar-refractivity contribution is -0.133. The molecule has 0 aliphatic carbocycles. The van der Waals surface area contributed by atoms with Gasteiger partial charge in [0.05, 0.1) is 11.3 Å². The van der Waals surface area contributed by atoms with Gasteiger partial charge < -0.3 is 9.80 Å². The van der Waals surface area contributed by atoms with Crippen LogP contribution in [0.5, 0.6) is 0 Å². The van der Waals surface area contributed by atoms with Gasteiger partial charge in [-0.15, -0.1) is 0 Å². The highest BCUT2D eigenvalue weighted by molar-refractivity contribution is 7.89. The number of rotatable bonds is 13. The number of carbonyl (C=O) groups excluding carboxylic acids is 1. The van der Waals surface area contributed by atoms with Crippen molar-refractivity contribution in [3.8, 4) is 0 Å². The number of hydrogen-bond acceptors (Lipinski definition) is 4. The van der Waals surface area contributed by atoms with E-state index in [-0.39, 0.29) is 17.9 Å². The Labute approximate surface area is 240 Å². The molecule has 1 saturated heterocycles. The predicted octanol–water partition coefficient (Wildman–Crippen LogP) is 5.43. The fourth-order valence-corrected chi connectivity index (χ4v) is 6.92. The zero-order valence-corrected chi connectivity index (χ0v) is 24.7. The minimum Gasteiger partial charge on any atom is -0.339 e. The van der Waals surface area contributed by atoms with E-state index in [9.17, 15) is 13.2 Å². The molecular weight excluding hydrogens is 518 g/mol. The quantitative estimate of drug-likeness (QED) is 0.279. The highest BCUT2D eigenvalue weighted by Gasteiger charge is 2.29. The van der Waals surface area contributed by atoms with Gasteiger partial charge in [0.25, 0.3) is 0 Å². The lowest BCUT2D eigenvalue weighted by Gasteiger charge is -2.39. The van der Waals surface area contributed by atoms with Crippen LogP contribution in [0, 0.1) is 0 Å². The first-order chi connectivity index (χ1) is 19.4. The molecule has 40 heavy (non-hydrogen) atoms. The summed E-state index contributed by atoms with van der Waals surface area (Å²) in [5.41, 5.74) is 2.23. The van der Waals surface area contributed by atoms with E-state index < -0.39 is 10.0 Å². The number of nitrogens with zero attached hydrogens (tertiary/aromatic N) is 3. The number of likely N-dealkylation sites (N-methyl/N-ethyl adjacent to an activating group) is 1. The third kappa shape index (κ3) is 8.03. The van der Waals surface area contributed by atoms with E-state index in [1.54, 1.807) is 31.3 Å². The molecule has 1 heterocycles. The van der Waals surface area contributed by atoms with Crippen molar-refractivity contribution in [3.63, 3.8) is 0 Å². The molecule has 0 N–H and O–H groups in total. The molecule has 1 aliphatic heterocycles. The summed E-state index contributed by atoms with van der Waals surface area (Å²) in [6.07, 6.45) is 4.23. The van der Waals surface area contributed by atoms with E-state index >= 15 is 0 Å². The summed E-state index contributed by atoms with van der Waals surface area (Å²) >= 11 is 0. The molecule has 1 fully saturated rings. The second-order valence-electron chi connectivity index (χ2n) is 10.8. The van der Waals surface area contributed by atoms with Crippen LogP contribution in [0.2, 0.25) is 0 Å². The summed E-state index contributed by atoms with van der Waals surface area (Å²) in [7, 11) is -1.88. The van der Waals surface area contributed by atoms with E-state index in [4.69, 9.17) is 0 Å². The molecule has 3 aromatic rings. The number of piperidine rings is 1. The van der Waals surface area contributed by atoms with Crippen LogP contribution in [0.25, 0.3) is 0 Å². The van der Waals surface area contributed by atoms with Crippen molar-refractivity contribution in [1.29, 1.82) is 0 Å². The number of sulfonamides is 1. The number of carbonyl (C=O) groups is 1. The largest absolute Gasteiger partial charge is 0.339 e. The van der Waals surface area contributed by atoms with Crippen molar-refractivity contribution in [3.05, 3.63) is 102 Å². The van der Waals surface area contributed by atoms with Crippen LogP contribution >= 0.6 is 0 Å². The van der Waals surface area contributed by atoms with Gasteiger partial charge in [-0.3, -0.25) is 4.79 Å². The zero-order chi connectivity index (χ0) is 28.4. The average molecular weight is 562 g/mol. The van der Waals surface area contributed by atoms with Crippen molar-refractivity contribution >= 4 is 15.9 Å². The summed E-state index contributed by atoms with van der Waals surface area (Å²) in [6.45, 7) is 6.16. The first-order valence-electron chi connectivity index (χ1n) is 14.5. The molecule has 0 unspecified atom stereocenters. The van der Waals surface area contributed by atoms with Crippen LogP contribution in [0.1, 0.15) is 49.7 Å². The summed E-state index contributed by atoms with van der Waals surface area (Å²) in [5, 5.41) is 0. The Hall–Kier alpha value is -3.00. The van der Waals surface area contributed by atoms with E-state index in [0.717, 1.165) is 63.0 Å². The predicted molar refractivity (Wildman–Crippen MR) is 162 cm³/mol. The standard InChI is InChI=1S/C33H43N3O3S/c1-3-22-36(33(37)26-28-13-7-4-8-14-28)31-20-24-35(25-21-31)23-19-30(29-15-9-5-10-16-29)27-34(2)40(38,39)32-17-11-6-12-18-32/h4-18,30-31H,3,19-27H2,1-2H3/t30-/m0/s1. The highest BCUT2D eigenvalue weighted by Crippen LogP contribution is 2.26. The summed E-state index contributed by atoms with van der Waals surface area (Å²) < 4.78 is 27.9. The van der Waals surface area contributed by atoms with Crippen molar-refractivity contribution in [1.82, 2.24) is 14.1 Å². The fourth-order valence-electron chi connectivity index (χ4n) is 5.69. The van der Waals surface area contributed by atoms with Gasteiger partial charge in [0.1, 0.15) is 0 Å². The molecule has 0 aromatic heterocycles. The normalized spacial score (nSPS) is 15.7. The molecule has 1 atom stereocenters. The second-order valence-corrected chi connectivity index (χ2v) is 12.9. The van der Waals surface area contributed by atoms with Crippen LogP contribution in [-0.4, -0.2) is 74.2 Å². The van der Waals surface area contributed by atoms with E-state index in [1.807, 2.05) is 54.6 Å². The van der Waals surface area contributed by atoms with Gasteiger partial charge in [-0.1, -0.05) is 85.8 Å². The first kappa shape index (κ1) is 30.0. The molecule has 6 nitrogen and oxygen atoms in total. The Bertz CT molecular complexity index is 1280. The molecule has 1 aliphatic rings. The summed E-state index contributed by atoms with van der Waals surface area (Å²) in [6, 6.07) is 29.2. The topological polar surface area (TPSA) is 60.9 Å².